The van der Waals surface area contributed by atoms with Crippen LogP contribution in [0.2, 0.25) is 0 Å². The first-order valence-corrected chi connectivity index (χ1v) is 10.9. The van der Waals surface area contributed by atoms with Crippen LogP contribution >= 0.6 is 28.1 Å². The molecule has 2 amide bonds. The fourth-order valence-electron chi connectivity index (χ4n) is 2.83. The third kappa shape index (κ3) is 6.41. The minimum atomic E-state index is -0.465. The standard InChI is InChI=1S/C23H22BrN3O4S/c1-14-7-8-15(2)19(11-14)31-12-20(28)25-23(32)27-26-21(29)13-30-18-10-9-16-5-3-4-6-17(16)22(18)24/h3-11H,12-13H2,1-2H3,(H,26,29)(H2,25,27,28,32). The van der Waals surface area contributed by atoms with E-state index >= 15 is 0 Å². The normalized spacial score (nSPS) is 10.3. The van der Waals surface area contributed by atoms with Crippen LogP contribution in [0.15, 0.2) is 59.1 Å². The van der Waals surface area contributed by atoms with Gasteiger partial charge in [-0.25, -0.2) is 0 Å². The largest absolute Gasteiger partial charge is 0.483 e. The summed E-state index contributed by atoms with van der Waals surface area (Å²) in [6, 6.07) is 17.3. The monoisotopic (exact) mass is 515 g/mol. The Labute approximate surface area is 199 Å². The zero-order chi connectivity index (χ0) is 23.1. The molecule has 0 radical (unpaired) electrons. The van der Waals surface area contributed by atoms with Crippen LogP contribution in [0.5, 0.6) is 11.5 Å². The second kappa shape index (κ2) is 10.9. The van der Waals surface area contributed by atoms with Gasteiger partial charge in [-0.1, -0.05) is 42.5 Å². The Morgan fingerprint density at radius 2 is 1.62 bits per heavy atom. The molecule has 166 valence electrons. The first-order chi connectivity index (χ1) is 15.3. The van der Waals surface area contributed by atoms with Gasteiger partial charge < -0.3 is 9.47 Å². The number of hydrazine groups is 1. The summed E-state index contributed by atoms with van der Waals surface area (Å²) in [6.45, 7) is 3.39. The molecule has 0 aliphatic rings. The van der Waals surface area contributed by atoms with Gasteiger partial charge in [-0.2, -0.15) is 0 Å². The number of rotatable bonds is 6. The molecule has 0 aliphatic carbocycles. The van der Waals surface area contributed by atoms with Crippen molar-refractivity contribution in [1.29, 1.82) is 0 Å². The van der Waals surface area contributed by atoms with Crippen molar-refractivity contribution in [3.8, 4) is 11.5 Å². The highest BCUT2D eigenvalue weighted by atomic mass is 79.9. The second-order valence-corrected chi connectivity index (χ2v) is 8.20. The van der Waals surface area contributed by atoms with E-state index in [9.17, 15) is 9.59 Å². The Bertz CT molecular complexity index is 1170. The Kier molecular flexibility index (Phi) is 8.02. The van der Waals surface area contributed by atoms with Crippen LogP contribution < -0.4 is 25.6 Å². The van der Waals surface area contributed by atoms with E-state index in [1.54, 1.807) is 6.07 Å². The predicted molar refractivity (Wildman–Crippen MR) is 131 cm³/mol. The van der Waals surface area contributed by atoms with Crippen molar-refractivity contribution in [2.24, 2.45) is 0 Å². The molecule has 9 heteroatoms. The lowest BCUT2D eigenvalue weighted by atomic mass is 10.1. The first-order valence-electron chi connectivity index (χ1n) is 9.72. The number of ether oxygens (including phenoxy) is 2. The Morgan fingerprint density at radius 3 is 2.44 bits per heavy atom. The smallest absolute Gasteiger partial charge is 0.276 e. The molecule has 0 heterocycles. The van der Waals surface area contributed by atoms with Crippen molar-refractivity contribution in [2.75, 3.05) is 13.2 Å². The summed E-state index contributed by atoms with van der Waals surface area (Å²) < 4.78 is 11.9. The van der Waals surface area contributed by atoms with Gasteiger partial charge in [0.15, 0.2) is 18.3 Å². The predicted octanol–water partition coefficient (Wildman–Crippen LogP) is 3.70. The quantitative estimate of drug-likeness (QED) is 0.342. The number of fused-ring (bicyclic) bond motifs is 1. The first kappa shape index (κ1) is 23.5. The third-order valence-electron chi connectivity index (χ3n) is 4.46. The summed E-state index contributed by atoms with van der Waals surface area (Å²) in [4.78, 5) is 24.1. The van der Waals surface area contributed by atoms with E-state index in [1.807, 2.05) is 62.4 Å². The van der Waals surface area contributed by atoms with E-state index in [0.717, 1.165) is 26.4 Å². The number of benzene rings is 3. The third-order valence-corrected chi connectivity index (χ3v) is 5.48. The molecule has 0 bridgehead atoms. The van der Waals surface area contributed by atoms with Crippen LogP contribution in [-0.4, -0.2) is 30.1 Å². The molecule has 0 saturated carbocycles. The minimum Gasteiger partial charge on any atom is -0.483 e. The summed E-state index contributed by atoms with van der Waals surface area (Å²) >= 11 is 8.52. The van der Waals surface area contributed by atoms with Crippen LogP contribution in [0, 0.1) is 13.8 Å². The maximum absolute atomic E-state index is 12.1. The van der Waals surface area contributed by atoms with Crippen LogP contribution in [0.3, 0.4) is 0 Å². The summed E-state index contributed by atoms with van der Waals surface area (Å²) in [5, 5.41) is 4.42. The lowest BCUT2D eigenvalue weighted by molar-refractivity contribution is -0.124. The van der Waals surface area contributed by atoms with Crippen LogP contribution in [0.4, 0.5) is 0 Å². The number of nitrogens with one attached hydrogen (secondary N) is 3. The molecule has 3 aromatic rings. The molecule has 0 saturated heterocycles. The van der Waals surface area contributed by atoms with Gasteiger partial charge in [-0.3, -0.25) is 25.8 Å². The maximum Gasteiger partial charge on any atom is 0.276 e. The van der Waals surface area contributed by atoms with Gasteiger partial charge in [0.2, 0.25) is 0 Å². The van der Waals surface area contributed by atoms with Crippen molar-refractivity contribution in [2.45, 2.75) is 13.8 Å². The molecule has 3 rings (SSSR count). The van der Waals surface area contributed by atoms with Crippen molar-refractivity contribution in [3.05, 3.63) is 70.2 Å². The SMILES string of the molecule is Cc1ccc(C)c(OCC(=O)NC(=S)NNC(=O)COc2ccc3ccccc3c2Br)c1. The highest BCUT2D eigenvalue weighted by molar-refractivity contribution is 9.10. The van der Waals surface area contributed by atoms with Crippen molar-refractivity contribution in [1.82, 2.24) is 16.2 Å². The van der Waals surface area contributed by atoms with E-state index in [-0.39, 0.29) is 18.3 Å². The lowest BCUT2D eigenvalue weighted by Crippen LogP contribution is -2.50. The van der Waals surface area contributed by atoms with Gasteiger partial charge >= 0.3 is 0 Å². The number of amides is 2. The van der Waals surface area contributed by atoms with Crippen molar-refractivity contribution >= 4 is 55.8 Å². The molecule has 0 aromatic heterocycles. The van der Waals surface area contributed by atoms with Crippen LogP contribution in [0.1, 0.15) is 11.1 Å². The Hall–Kier alpha value is -3.17. The van der Waals surface area contributed by atoms with Crippen molar-refractivity contribution in [3.63, 3.8) is 0 Å². The van der Waals surface area contributed by atoms with Gasteiger partial charge in [0.1, 0.15) is 11.5 Å². The lowest BCUT2D eigenvalue weighted by Gasteiger charge is -2.13. The minimum absolute atomic E-state index is 0.0557. The van der Waals surface area contributed by atoms with E-state index in [0.29, 0.717) is 11.5 Å². The Morgan fingerprint density at radius 1 is 0.906 bits per heavy atom. The van der Waals surface area contributed by atoms with Gasteiger partial charge in [0, 0.05) is 0 Å². The van der Waals surface area contributed by atoms with Gasteiger partial charge in [0.05, 0.1) is 4.47 Å². The molecule has 32 heavy (non-hydrogen) atoms. The molecule has 3 aromatic carbocycles. The number of hydrogen-bond acceptors (Lipinski definition) is 5. The highest BCUT2D eigenvalue weighted by Gasteiger charge is 2.11. The molecule has 3 N–H and O–H groups in total. The molecule has 0 atom stereocenters. The molecule has 0 unspecified atom stereocenters. The average molecular weight is 516 g/mol. The maximum atomic E-state index is 12.1. The van der Waals surface area contributed by atoms with E-state index < -0.39 is 11.8 Å². The number of hydrogen-bond donors (Lipinski definition) is 3. The molecule has 7 nitrogen and oxygen atoms in total. The number of carbonyl (C=O) groups is 2. The molecule has 0 fully saturated rings. The number of aryl methyl sites for hydroxylation is 2. The van der Waals surface area contributed by atoms with Gasteiger partial charge in [-0.15, -0.1) is 0 Å². The fraction of sp³-hybridized carbons (Fsp3) is 0.174. The number of carbonyl (C=O) groups excluding carboxylic acids is 2. The van der Waals surface area contributed by atoms with Crippen LogP contribution in [0.25, 0.3) is 10.8 Å². The number of halogens is 1. The van der Waals surface area contributed by atoms with Crippen LogP contribution in [-0.2, 0) is 9.59 Å². The van der Waals surface area contributed by atoms with E-state index in [1.165, 1.54) is 0 Å². The zero-order valence-electron chi connectivity index (χ0n) is 17.5. The van der Waals surface area contributed by atoms with E-state index in [2.05, 4.69) is 32.1 Å². The molecule has 0 spiro atoms. The summed E-state index contributed by atoms with van der Waals surface area (Å²) in [5.74, 6) is 0.255. The molecular weight excluding hydrogens is 494 g/mol. The number of thiocarbonyl (C=S) groups is 1. The van der Waals surface area contributed by atoms with Gasteiger partial charge in [-0.05, 0) is 76.0 Å². The molecular formula is C23H22BrN3O4S. The average Bonchev–Trinajstić information content (AvgIpc) is 2.78. The van der Waals surface area contributed by atoms with Gasteiger partial charge in [0.25, 0.3) is 11.8 Å². The summed E-state index contributed by atoms with van der Waals surface area (Å²) in [5.41, 5.74) is 6.80. The zero-order valence-corrected chi connectivity index (χ0v) is 19.9. The fourth-order valence-corrected chi connectivity index (χ4v) is 3.60. The van der Waals surface area contributed by atoms with E-state index in [4.69, 9.17) is 21.7 Å². The summed E-state index contributed by atoms with van der Waals surface area (Å²) in [7, 11) is 0. The van der Waals surface area contributed by atoms with Crippen molar-refractivity contribution < 1.29 is 19.1 Å². The Balaban J connectivity index is 1.41. The second-order valence-electron chi connectivity index (χ2n) is 7.00. The molecule has 0 aliphatic heterocycles. The topological polar surface area (TPSA) is 88.7 Å². The highest BCUT2D eigenvalue weighted by Crippen LogP contribution is 2.32. The summed E-state index contributed by atoms with van der Waals surface area (Å²) in [6.07, 6.45) is 0.